The largest absolute Gasteiger partial charge is 0.440 e. The van der Waals surface area contributed by atoms with Gasteiger partial charge in [-0.25, -0.2) is 4.79 Å². The van der Waals surface area contributed by atoms with Crippen LogP contribution in [0.5, 0.6) is 0 Å². The molecule has 1 rings (SSSR count). The van der Waals surface area contributed by atoms with Gasteiger partial charge in [-0.15, -0.1) is 6.58 Å². The number of hydrogen-bond donors (Lipinski definition) is 2. The monoisotopic (exact) mass is 256 g/mol. The molecule has 5 heteroatoms. The first kappa shape index (κ1) is 15.0. The third kappa shape index (κ3) is 2.37. The topological polar surface area (TPSA) is 75.8 Å². The molecule has 5 nitrogen and oxygen atoms in total. The zero-order valence-electron chi connectivity index (χ0n) is 11.4. The van der Waals surface area contributed by atoms with Crippen LogP contribution in [0.3, 0.4) is 0 Å². The lowest BCUT2D eigenvalue weighted by atomic mass is 9.79. The lowest BCUT2D eigenvalue weighted by molar-refractivity contribution is -0.0298. The van der Waals surface area contributed by atoms with Crippen LogP contribution in [0.25, 0.3) is 0 Å². The molecule has 0 aromatic rings. The predicted octanol–water partition coefficient (Wildman–Crippen LogP) is 1.12. The van der Waals surface area contributed by atoms with Crippen LogP contribution in [-0.4, -0.2) is 46.9 Å². The Kier molecular flexibility index (Phi) is 4.76. The molecule has 4 atom stereocenters. The average Bonchev–Trinajstić information content (AvgIpc) is 2.53. The van der Waals surface area contributed by atoms with Gasteiger partial charge in [-0.1, -0.05) is 13.0 Å². The fourth-order valence-electron chi connectivity index (χ4n) is 2.90. The van der Waals surface area contributed by atoms with Crippen molar-refractivity contribution in [3.63, 3.8) is 0 Å². The molecule has 104 valence electrons. The maximum atomic E-state index is 11.9. The van der Waals surface area contributed by atoms with Crippen molar-refractivity contribution in [1.29, 1.82) is 0 Å². The third-order valence-corrected chi connectivity index (χ3v) is 3.81. The SMILES string of the molecule is C=CCN1C(=O)O[C@](C)([C@@H](CC)CO)[C@H]1[C@@H](C)N. The van der Waals surface area contributed by atoms with Crippen molar-refractivity contribution in [2.24, 2.45) is 11.7 Å². The van der Waals surface area contributed by atoms with Crippen molar-refractivity contribution >= 4 is 6.09 Å². The van der Waals surface area contributed by atoms with Gasteiger partial charge in [0.1, 0.15) is 5.60 Å². The molecule has 0 spiro atoms. The summed E-state index contributed by atoms with van der Waals surface area (Å²) in [6, 6.07) is -0.484. The van der Waals surface area contributed by atoms with Gasteiger partial charge in [0.2, 0.25) is 0 Å². The van der Waals surface area contributed by atoms with E-state index >= 15 is 0 Å². The van der Waals surface area contributed by atoms with E-state index in [4.69, 9.17) is 10.5 Å². The van der Waals surface area contributed by atoms with Crippen molar-refractivity contribution < 1.29 is 14.6 Å². The maximum absolute atomic E-state index is 11.9. The highest BCUT2D eigenvalue weighted by Crippen LogP contribution is 2.38. The van der Waals surface area contributed by atoms with Crippen molar-refractivity contribution in [1.82, 2.24) is 4.90 Å². The van der Waals surface area contributed by atoms with E-state index in [1.165, 1.54) is 0 Å². The molecule has 0 bridgehead atoms. The van der Waals surface area contributed by atoms with E-state index in [0.717, 1.165) is 6.42 Å². The van der Waals surface area contributed by atoms with Gasteiger partial charge < -0.3 is 15.6 Å². The van der Waals surface area contributed by atoms with Crippen molar-refractivity contribution in [2.45, 2.75) is 44.9 Å². The number of rotatable bonds is 6. The summed E-state index contributed by atoms with van der Waals surface area (Å²) in [6.07, 6.45) is 2.00. The maximum Gasteiger partial charge on any atom is 0.411 e. The molecule has 0 aliphatic carbocycles. The molecule has 1 saturated heterocycles. The van der Waals surface area contributed by atoms with Crippen LogP contribution in [0.2, 0.25) is 0 Å². The first-order valence-electron chi connectivity index (χ1n) is 6.39. The summed E-state index contributed by atoms with van der Waals surface area (Å²) < 4.78 is 5.53. The average molecular weight is 256 g/mol. The van der Waals surface area contributed by atoms with E-state index < -0.39 is 5.60 Å². The Morgan fingerprint density at radius 2 is 2.33 bits per heavy atom. The molecule has 1 aliphatic heterocycles. The standard InChI is InChI=1S/C13H24N2O3/c1-5-7-15-11(9(3)14)13(4,18-12(15)17)10(6-2)8-16/h5,9-11,16H,1,6-8,14H2,2-4H3/t9-,10+,11-,13-/m1/s1. The minimum atomic E-state index is -0.752. The molecule has 1 aliphatic rings. The molecule has 0 radical (unpaired) electrons. The Labute approximate surface area is 109 Å². The van der Waals surface area contributed by atoms with E-state index in [-0.39, 0.29) is 30.7 Å². The van der Waals surface area contributed by atoms with Crippen LogP contribution in [0.4, 0.5) is 4.79 Å². The van der Waals surface area contributed by atoms with Gasteiger partial charge in [-0.3, -0.25) is 4.90 Å². The van der Waals surface area contributed by atoms with Crippen molar-refractivity contribution in [2.75, 3.05) is 13.2 Å². The number of nitrogens with two attached hydrogens (primary N) is 1. The summed E-state index contributed by atoms with van der Waals surface area (Å²) in [5.41, 5.74) is 5.26. The number of aliphatic hydroxyl groups excluding tert-OH is 1. The summed E-state index contributed by atoms with van der Waals surface area (Å²) in [4.78, 5) is 13.5. The van der Waals surface area contributed by atoms with E-state index in [9.17, 15) is 9.90 Å². The first-order valence-corrected chi connectivity index (χ1v) is 6.39. The second-order valence-electron chi connectivity index (χ2n) is 5.08. The smallest absolute Gasteiger partial charge is 0.411 e. The van der Waals surface area contributed by atoms with Crippen molar-refractivity contribution in [3.05, 3.63) is 12.7 Å². The zero-order valence-corrected chi connectivity index (χ0v) is 11.4. The van der Waals surface area contributed by atoms with Crippen LogP contribution in [0.1, 0.15) is 27.2 Å². The van der Waals surface area contributed by atoms with E-state index in [2.05, 4.69) is 6.58 Å². The van der Waals surface area contributed by atoms with Gasteiger partial charge in [0, 0.05) is 25.1 Å². The summed E-state index contributed by atoms with van der Waals surface area (Å²) in [6.45, 7) is 9.70. The van der Waals surface area contributed by atoms with Gasteiger partial charge in [-0.05, 0) is 20.3 Å². The molecule has 1 amide bonds. The number of cyclic esters (lactones) is 1. The van der Waals surface area contributed by atoms with Crippen LogP contribution >= 0.6 is 0 Å². The number of hydrogen-bond acceptors (Lipinski definition) is 4. The van der Waals surface area contributed by atoms with Gasteiger partial charge >= 0.3 is 6.09 Å². The fraction of sp³-hybridized carbons (Fsp3) is 0.769. The molecule has 3 N–H and O–H groups in total. The Hall–Kier alpha value is -1.07. The lowest BCUT2D eigenvalue weighted by Crippen LogP contribution is -2.57. The van der Waals surface area contributed by atoms with Crippen LogP contribution in [0, 0.1) is 5.92 Å². The molecular formula is C13H24N2O3. The van der Waals surface area contributed by atoms with E-state index in [1.54, 1.807) is 11.0 Å². The quantitative estimate of drug-likeness (QED) is 0.698. The summed E-state index contributed by atoms with van der Waals surface area (Å²) in [5.74, 6) is -0.118. The molecule has 1 fully saturated rings. The zero-order chi connectivity index (χ0) is 13.9. The van der Waals surface area contributed by atoms with Crippen LogP contribution in [0.15, 0.2) is 12.7 Å². The highest BCUT2D eigenvalue weighted by molar-refractivity contribution is 5.72. The van der Waals surface area contributed by atoms with Crippen molar-refractivity contribution in [3.8, 4) is 0 Å². The molecule has 0 unspecified atom stereocenters. The number of carbonyl (C=O) groups is 1. The number of carbonyl (C=O) groups excluding carboxylic acids is 1. The normalized spacial score (nSPS) is 31.1. The number of nitrogens with zero attached hydrogens (tertiary/aromatic N) is 1. The highest BCUT2D eigenvalue weighted by atomic mass is 16.6. The molecule has 0 aromatic heterocycles. The number of ether oxygens (including phenoxy) is 1. The molecule has 0 saturated carbocycles. The second kappa shape index (κ2) is 5.71. The Bertz CT molecular complexity index is 315. The summed E-state index contributed by atoms with van der Waals surface area (Å²) >= 11 is 0. The van der Waals surface area contributed by atoms with Gasteiger partial charge in [-0.2, -0.15) is 0 Å². The minimum Gasteiger partial charge on any atom is -0.440 e. The summed E-state index contributed by atoms with van der Waals surface area (Å²) in [5, 5.41) is 9.48. The molecule has 0 aromatic carbocycles. The Balaban J connectivity index is 3.11. The number of aliphatic hydroxyl groups is 1. The molecule has 18 heavy (non-hydrogen) atoms. The predicted molar refractivity (Wildman–Crippen MR) is 70.1 cm³/mol. The Morgan fingerprint density at radius 3 is 2.72 bits per heavy atom. The molecular weight excluding hydrogens is 232 g/mol. The first-order chi connectivity index (χ1) is 8.42. The number of amides is 1. The van der Waals surface area contributed by atoms with Gasteiger partial charge in [0.25, 0.3) is 0 Å². The summed E-state index contributed by atoms with van der Waals surface area (Å²) in [7, 11) is 0. The minimum absolute atomic E-state index is 0.0224. The fourth-order valence-corrected chi connectivity index (χ4v) is 2.90. The van der Waals surface area contributed by atoms with Gasteiger partial charge in [0.05, 0.1) is 6.04 Å². The third-order valence-electron chi connectivity index (χ3n) is 3.81. The van der Waals surface area contributed by atoms with Crippen LogP contribution in [-0.2, 0) is 4.74 Å². The van der Waals surface area contributed by atoms with Gasteiger partial charge in [0.15, 0.2) is 0 Å². The Morgan fingerprint density at radius 1 is 1.72 bits per heavy atom. The van der Waals surface area contributed by atoms with E-state index in [0.29, 0.717) is 6.54 Å². The van der Waals surface area contributed by atoms with Crippen LogP contribution < -0.4 is 5.73 Å². The lowest BCUT2D eigenvalue weighted by Gasteiger charge is -2.38. The molecule has 1 heterocycles. The highest BCUT2D eigenvalue weighted by Gasteiger charge is 2.55. The second-order valence-corrected chi connectivity index (χ2v) is 5.08. The van der Waals surface area contributed by atoms with E-state index in [1.807, 2.05) is 20.8 Å².